The van der Waals surface area contributed by atoms with E-state index >= 15 is 0 Å². The molecule has 3 amide bonds. The number of halogens is 4. The third kappa shape index (κ3) is 7.72. The SMILES string of the molecule is Nc1ccccc1NC(=O)c1ccc(CC(C(=O)NCc2ccc(F)c(F)c2)C(=O)NCc2ccc(F)c(F)c2)cc1. The Hall–Kier alpha value is -5.19. The van der Waals surface area contributed by atoms with E-state index in [0.29, 0.717) is 22.5 Å². The van der Waals surface area contributed by atoms with Crippen LogP contribution in [-0.4, -0.2) is 17.7 Å². The molecular weight excluding hydrogens is 552 g/mol. The van der Waals surface area contributed by atoms with E-state index in [2.05, 4.69) is 16.0 Å². The van der Waals surface area contributed by atoms with Crippen LogP contribution in [0.3, 0.4) is 0 Å². The maximum atomic E-state index is 13.6. The molecule has 0 saturated carbocycles. The summed E-state index contributed by atoms with van der Waals surface area (Å²) >= 11 is 0. The van der Waals surface area contributed by atoms with Gasteiger partial charge in [0.05, 0.1) is 11.4 Å². The molecule has 4 aromatic carbocycles. The van der Waals surface area contributed by atoms with Crippen molar-refractivity contribution in [3.63, 3.8) is 0 Å². The molecule has 0 aromatic heterocycles. The van der Waals surface area contributed by atoms with E-state index in [9.17, 15) is 31.9 Å². The quantitative estimate of drug-likeness (QED) is 0.122. The lowest BCUT2D eigenvalue weighted by Gasteiger charge is -2.18. The highest BCUT2D eigenvalue weighted by Crippen LogP contribution is 2.19. The zero-order valence-corrected chi connectivity index (χ0v) is 22.1. The van der Waals surface area contributed by atoms with Crippen molar-refractivity contribution >= 4 is 29.1 Å². The standard InChI is InChI=1S/C31H26F4N4O3/c32-23-11-7-19(14-25(23)34)16-37-30(41)22(31(42)38-17-20-8-12-24(33)26(35)15-20)13-18-5-9-21(10-6-18)29(40)39-28-4-2-1-3-27(28)36/h1-12,14-15,22H,13,16-17,36H2,(H,37,41)(H,38,42)(H,39,40). The van der Waals surface area contributed by atoms with Crippen LogP contribution in [0.5, 0.6) is 0 Å². The zero-order valence-electron chi connectivity index (χ0n) is 22.1. The number of carbonyl (C=O) groups is 3. The number of hydrogen-bond acceptors (Lipinski definition) is 4. The Kier molecular flexibility index (Phi) is 9.53. The van der Waals surface area contributed by atoms with Gasteiger partial charge in [-0.05, 0) is 71.6 Å². The van der Waals surface area contributed by atoms with E-state index in [1.165, 1.54) is 24.3 Å². The van der Waals surface area contributed by atoms with Gasteiger partial charge in [-0.2, -0.15) is 0 Å². The molecule has 0 spiro atoms. The van der Waals surface area contributed by atoms with E-state index < -0.39 is 46.9 Å². The highest BCUT2D eigenvalue weighted by Gasteiger charge is 2.27. The number of carbonyl (C=O) groups excluding carboxylic acids is 3. The molecule has 7 nitrogen and oxygen atoms in total. The summed E-state index contributed by atoms with van der Waals surface area (Å²) in [4.78, 5) is 38.9. The second-order valence-electron chi connectivity index (χ2n) is 9.43. The first-order valence-electron chi connectivity index (χ1n) is 12.8. The summed E-state index contributed by atoms with van der Waals surface area (Å²) in [5.74, 6) is -7.35. The molecule has 4 rings (SSSR count). The third-order valence-electron chi connectivity index (χ3n) is 6.40. The Morgan fingerprint density at radius 3 is 1.64 bits per heavy atom. The largest absolute Gasteiger partial charge is 0.397 e. The van der Waals surface area contributed by atoms with Crippen molar-refractivity contribution in [2.24, 2.45) is 5.92 Å². The van der Waals surface area contributed by atoms with Crippen LogP contribution in [0.1, 0.15) is 27.0 Å². The van der Waals surface area contributed by atoms with E-state index in [0.717, 1.165) is 24.3 Å². The van der Waals surface area contributed by atoms with E-state index in [4.69, 9.17) is 5.73 Å². The number of rotatable bonds is 10. The van der Waals surface area contributed by atoms with Gasteiger partial charge in [0.25, 0.3) is 5.91 Å². The number of nitrogens with one attached hydrogen (secondary N) is 3. The van der Waals surface area contributed by atoms with Gasteiger partial charge in [0.1, 0.15) is 5.92 Å². The Morgan fingerprint density at radius 2 is 1.14 bits per heavy atom. The molecule has 0 atom stereocenters. The van der Waals surface area contributed by atoms with Crippen LogP contribution < -0.4 is 21.7 Å². The van der Waals surface area contributed by atoms with Crippen molar-refractivity contribution in [1.29, 1.82) is 0 Å². The van der Waals surface area contributed by atoms with Crippen molar-refractivity contribution < 1.29 is 31.9 Å². The maximum Gasteiger partial charge on any atom is 0.255 e. The van der Waals surface area contributed by atoms with E-state index in [1.807, 2.05) is 0 Å². The maximum absolute atomic E-state index is 13.6. The van der Waals surface area contributed by atoms with Crippen LogP contribution in [0.25, 0.3) is 0 Å². The van der Waals surface area contributed by atoms with Crippen molar-refractivity contribution in [1.82, 2.24) is 10.6 Å². The topological polar surface area (TPSA) is 113 Å². The average molecular weight is 579 g/mol. The van der Waals surface area contributed by atoms with Gasteiger partial charge in [-0.1, -0.05) is 36.4 Å². The summed E-state index contributed by atoms with van der Waals surface area (Å²) in [6, 6.07) is 19.3. The lowest BCUT2D eigenvalue weighted by atomic mass is 9.96. The fourth-order valence-corrected chi connectivity index (χ4v) is 4.06. The number of nitrogens with two attached hydrogens (primary N) is 1. The molecule has 216 valence electrons. The zero-order chi connectivity index (χ0) is 30.2. The summed E-state index contributed by atoms with van der Waals surface area (Å²) < 4.78 is 53.7. The molecule has 0 unspecified atom stereocenters. The second kappa shape index (κ2) is 13.4. The molecule has 0 fully saturated rings. The summed E-state index contributed by atoms with van der Waals surface area (Å²) in [5.41, 5.74) is 8.12. The average Bonchev–Trinajstić information content (AvgIpc) is 2.98. The van der Waals surface area contributed by atoms with Crippen molar-refractivity contribution in [3.8, 4) is 0 Å². The van der Waals surface area contributed by atoms with Crippen LogP contribution >= 0.6 is 0 Å². The predicted molar refractivity (Wildman–Crippen MR) is 149 cm³/mol. The van der Waals surface area contributed by atoms with Crippen molar-refractivity contribution in [2.75, 3.05) is 11.1 Å². The Bertz CT molecular complexity index is 1550. The minimum atomic E-state index is -1.29. The summed E-state index contributed by atoms with van der Waals surface area (Å²) in [6.45, 7) is -0.352. The minimum Gasteiger partial charge on any atom is -0.397 e. The first-order valence-corrected chi connectivity index (χ1v) is 12.8. The van der Waals surface area contributed by atoms with E-state index in [1.54, 1.807) is 36.4 Å². The monoisotopic (exact) mass is 578 g/mol. The Morgan fingerprint density at radius 1 is 0.643 bits per heavy atom. The third-order valence-corrected chi connectivity index (χ3v) is 6.40. The smallest absolute Gasteiger partial charge is 0.255 e. The molecule has 0 aliphatic carbocycles. The highest BCUT2D eigenvalue weighted by molar-refractivity contribution is 6.05. The fraction of sp³-hybridized carbons (Fsp3) is 0.129. The molecule has 11 heteroatoms. The Labute approximate surface area is 238 Å². The van der Waals surface area contributed by atoms with Crippen LogP contribution in [-0.2, 0) is 29.1 Å². The highest BCUT2D eigenvalue weighted by atomic mass is 19.2. The van der Waals surface area contributed by atoms with Gasteiger partial charge in [-0.15, -0.1) is 0 Å². The van der Waals surface area contributed by atoms with Crippen molar-refractivity contribution in [3.05, 3.63) is 130 Å². The first kappa shape index (κ1) is 29.8. The molecule has 0 radical (unpaired) electrons. The summed E-state index contributed by atoms with van der Waals surface area (Å²) in [6.07, 6.45) is -0.0826. The van der Waals surface area contributed by atoms with Crippen LogP contribution in [0.15, 0.2) is 84.9 Å². The summed E-state index contributed by atoms with van der Waals surface area (Å²) in [5, 5.41) is 7.81. The number of hydrogen-bond donors (Lipinski definition) is 4. The molecule has 42 heavy (non-hydrogen) atoms. The fourth-order valence-electron chi connectivity index (χ4n) is 4.06. The second-order valence-corrected chi connectivity index (χ2v) is 9.43. The van der Waals surface area contributed by atoms with Gasteiger partial charge < -0.3 is 21.7 Å². The predicted octanol–water partition coefficient (Wildman–Crippen LogP) is 4.87. The molecule has 5 N–H and O–H groups in total. The van der Waals surface area contributed by atoms with Crippen LogP contribution in [0, 0.1) is 29.2 Å². The minimum absolute atomic E-state index is 0.0826. The molecular formula is C31H26F4N4O3. The molecule has 4 aromatic rings. The van der Waals surface area contributed by atoms with Gasteiger partial charge in [-0.3, -0.25) is 14.4 Å². The summed E-state index contributed by atoms with van der Waals surface area (Å²) in [7, 11) is 0. The first-order chi connectivity index (χ1) is 20.1. The van der Waals surface area contributed by atoms with Crippen molar-refractivity contribution in [2.45, 2.75) is 19.5 Å². The lowest BCUT2D eigenvalue weighted by Crippen LogP contribution is -2.42. The van der Waals surface area contributed by atoms with Gasteiger partial charge >= 0.3 is 0 Å². The molecule has 0 bridgehead atoms. The Balaban J connectivity index is 1.47. The number of anilines is 2. The van der Waals surface area contributed by atoms with Crippen LogP contribution in [0.4, 0.5) is 28.9 Å². The number of para-hydroxylation sites is 2. The van der Waals surface area contributed by atoms with Gasteiger partial charge in [0.2, 0.25) is 11.8 Å². The van der Waals surface area contributed by atoms with E-state index in [-0.39, 0.29) is 30.6 Å². The van der Waals surface area contributed by atoms with Crippen LogP contribution in [0.2, 0.25) is 0 Å². The number of amides is 3. The lowest BCUT2D eigenvalue weighted by molar-refractivity contribution is -0.135. The molecule has 0 saturated heterocycles. The van der Waals surface area contributed by atoms with Gasteiger partial charge in [0, 0.05) is 18.7 Å². The van der Waals surface area contributed by atoms with Gasteiger partial charge in [0.15, 0.2) is 23.3 Å². The molecule has 0 aliphatic heterocycles. The molecule has 0 heterocycles. The number of benzene rings is 4. The number of nitrogen functional groups attached to an aromatic ring is 1. The van der Waals surface area contributed by atoms with Gasteiger partial charge in [-0.25, -0.2) is 17.6 Å². The molecule has 0 aliphatic rings. The normalized spacial score (nSPS) is 10.8.